The van der Waals surface area contributed by atoms with E-state index in [1.807, 2.05) is 36.4 Å². The number of methoxy groups -OCH3 is 1. The van der Waals surface area contributed by atoms with Crippen molar-refractivity contribution in [2.24, 2.45) is 0 Å². The Balaban J connectivity index is 1.34. The van der Waals surface area contributed by atoms with Gasteiger partial charge in [-0.05, 0) is 61.2 Å². The molecule has 3 aromatic carbocycles. The van der Waals surface area contributed by atoms with Crippen molar-refractivity contribution >= 4 is 12.1 Å². The average Bonchev–Trinajstić information content (AvgIpc) is 3.35. The fourth-order valence-electron chi connectivity index (χ4n) is 4.72. The minimum Gasteiger partial charge on any atom is -0.497 e. The summed E-state index contributed by atoms with van der Waals surface area (Å²) in [6.07, 6.45) is 2.05. The number of benzene rings is 3. The highest BCUT2D eigenvalue weighted by Gasteiger charge is 2.38. The number of nitrogens with zero attached hydrogens (tertiary/aromatic N) is 1. The first-order valence-corrected chi connectivity index (χ1v) is 13.1. The number of rotatable bonds is 11. The van der Waals surface area contributed by atoms with Crippen LogP contribution >= 0.6 is 0 Å². The lowest BCUT2D eigenvalue weighted by Gasteiger charge is -2.23. The largest absolute Gasteiger partial charge is 0.497 e. The van der Waals surface area contributed by atoms with Crippen molar-refractivity contribution in [1.82, 2.24) is 4.90 Å². The van der Waals surface area contributed by atoms with Crippen LogP contribution in [0.15, 0.2) is 78.9 Å². The maximum Gasteiger partial charge on any atom is 0.410 e. The number of ether oxygens (including phenoxy) is 4. The van der Waals surface area contributed by atoms with Gasteiger partial charge >= 0.3 is 12.1 Å². The molecule has 7 heteroatoms. The van der Waals surface area contributed by atoms with Crippen molar-refractivity contribution in [2.45, 2.75) is 44.8 Å². The van der Waals surface area contributed by atoms with Gasteiger partial charge in [0.1, 0.15) is 17.6 Å². The Morgan fingerprint density at radius 3 is 2.53 bits per heavy atom. The number of likely N-dealkylation sites (tertiary alicyclic amines) is 1. The minimum atomic E-state index is -0.396. The van der Waals surface area contributed by atoms with Gasteiger partial charge in [-0.1, -0.05) is 48.5 Å². The smallest absolute Gasteiger partial charge is 0.410 e. The number of hydrogen-bond acceptors (Lipinski definition) is 6. The molecule has 1 amide bonds. The van der Waals surface area contributed by atoms with E-state index < -0.39 is 12.2 Å². The number of para-hydroxylation sites is 1. The summed E-state index contributed by atoms with van der Waals surface area (Å²) in [4.78, 5) is 26.8. The van der Waals surface area contributed by atoms with Crippen molar-refractivity contribution in [3.63, 3.8) is 0 Å². The molecule has 0 unspecified atom stereocenters. The monoisotopic (exact) mass is 517 g/mol. The predicted octanol–water partition coefficient (Wildman–Crippen LogP) is 5.71. The Bertz CT molecular complexity index is 1200. The van der Waals surface area contributed by atoms with E-state index >= 15 is 0 Å². The Morgan fingerprint density at radius 2 is 1.74 bits per heavy atom. The Labute approximate surface area is 224 Å². The number of amides is 1. The lowest BCUT2D eigenvalue weighted by molar-refractivity contribution is 0.0315. The number of carbonyl (C=O) groups excluding carboxylic acids is 2. The van der Waals surface area contributed by atoms with Crippen molar-refractivity contribution in [3.8, 4) is 11.5 Å². The topological polar surface area (TPSA) is 74.3 Å². The molecule has 2 atom stereocenters. The lowest BCUT2D eigenvalue weighted by Crippen LogP contribution is -2.37. The Kier molecular flexibility index (Phi) is 9.62. The maximum absolute atomic E-state index is 12.6. The number of carbonyl (C=O) groups is 2. The van der Waals surface area contributed by atoms with E-state index in [0.29, 0.717) is 31.6 Å². The Morgan fingerprint density at radius 1 is 0.947 bits per heavy atom. The summed E-state index contributed by atoms with van der Waals surface area (Å²) in [6, 6.07) is 24.8. The van der Waals surface area contributed by atoms with Gasteiger partial charge in [0.2, 0.25) is 0 Å². The van der Waals surface area contributed by atoms with E-state index in [1.54, 1.807) is 43.2 Å². The molecule has 0 radical (unpaired) electrons. The van der Waals surface area contributed by atoms with Gasteiger partial charge in [0.25, 0.3) is 0 Å². The molecule has 0 aliphatic carbocycles. The molecule has 1 fully saturated rings. The predicted molar refractivity (Wildman–Crippen MR) is 145 cm³/mol. The van der Waals surface area contributed by atoms with Gasteiger partial charge < -0.3 is 23.8 Å². The summed E-state index contributed by atoms with van der Waals surface area (Å²) in [5.41, 5.74) is 2.82. The second-order valence-electron chi connectivity index (χ2n) is 9.23. The first-order chi connectivity index (χ1) is 18.6. The van der Waals surface area contributed by atoms with E-state index in [-0.39, 0.29) is 18.6 Å². The van der Waals surface area contributed by atoms with Crippen LogP contribution in [0.1, 0.15) is 41.3 Å². The summed E-state index contributed by atoms with van der Waals surface area (Å²) in [7, 11) is 1.67. The van der Waals surface area contributed by atoms with Gasteiger partial charge in [-0.15, -0.1) is 0 Å². The molecular weight excluding hydrogens is 482 g/mol. The zero-order chi connectivity index (χ0) is 26.7. The number of aryl methyl sites for hydroxylation is 2. The summed E-state index contributed by atoms with van der Waals surface area (Å²) in [5, 5.41) is 0. The molecule has 0 spiro atoms. The molecule has 200 valence electrons. The summed E-state index contributed by atoms with van der Waals surface area (Å²) < 4.78 is 22.5. The maximum atomic E-state index is 12.6. The van der Waals surface area contributed by atoms with Crippen molar-refractivity contribution in [2.75, 3.05) is 26.9 Å². The van der Waals surface area contributed by atoms with Crippen LogP contribution in [0.2, 0.25) is 0 Å². The molecule has 3 aromatic rings. The van der Waals surface area contributed by atoms with Crippen molar-refractivity contribution < 1.29 is 28.5 Å². The molecule has 0 aromatic heterocycles. The van der Waals surface area contributed by atoms with Gasteiger partial charge in [-0.2, -0.15) is 0 Å². The van der Waals surface area contributed by atoms with Crippen LogP contribution in [0, 0.1) is 0 Å². The molecule has 1 aliphatic heterocycles. The number of esters is 1. The summed E-state index contributed by atoms with van der Waals surface area (Å²) >= 11 is 0. The van der Waals surface area contributed by atoms with E-state index in [1.165, 1.54) is 5.56 Å². The van der Waals surface area contributed by atoms with Crippen LogP contribution < -0.4 is 9.47 Å². The van der Waals surface area contributed by atoms with Crippen LogP contribution in [0.3, 0.4) is 0 Å². The van der Waals surface area contributed by atoms with Gasteiger partial charge in [0.15, 0.2) is 0 Å². The van der Waals surface area contributed by atoms with Crippen molar-refractivity contribution in [1.29, 1.82) is 0 Å². The molecule has 0 bridgehead atoms. The second-order valence-corrected chi connectivity index (χ2v) is 9.23. The van der Waals surface area contributed by atoms with Crippen molar-refractivity contribution in [3.05, 3.63) is 95.6 Å². The zero-order valence-corrected chi connectivity index (χ0v) is 22.0. The Hall–Kier alpha value is -4.00. The fraction of sp³-hybridized carbons (Fsp3) is 0.355. The SMILES string of the molecule is CCOC(=O)N1C[C@@H](OC(=O)c2ccccc2)C[C@H]1CCOc1ccccc1CCc1cccc(OC)c1. The van der Waals surface area contributed by atoms with Crippen LogP contribution in [-0.4, -0.2) is 56.0 Å². The third-order valence-electron chi connectivity index (χ3n) is 6.66. The molecule has 1 aliphatic rings. The first-order valence-electron chi connectivity index (χ1n) is 13.1. The van der Waals surface area contributed by atoms with E-state index in [9.17, 15) is 9.59 Å². The van der Waals surface area contributed by atoms with E-state index in [0.717, 1.165) is 29.9 Å². The molecule has 7 nitrogen and oxygen atoms in total. The zero-order valence-electron chi connectivity index (χ0n) is 22.0. The summed E-state index contributed by atoms with van der Waals surface area (Å²) in [5.74, 6) is 1.30. The van der Waals surface area contributed by atoms with Gasteiger partial charge in [-0.25, -0.2) is 9.59 Å². The van der Waals surface area contributed by atoms with Gasteiger partial charge in [0, 0.05) is 18.9 Å². The third-order valence-corrected chi connectivity index (χ3v) is 6.66. The van der Waals surface area contributed by atoms with E-state index in [2.05, 4.69) is 18.2 Å². The molecule has 1 saturated heterocycles. The van der Waals surface area contributed by atoms with Gasteiger partial charge in [0.05, 0.1) is 32.4 Å². The molecule has 0 N–H and O–H groups in total. The molecule has 38 heavy (non-hydrogen) atoms. The lowest BCUT2D eigenvalue weighted by atomic mass is 10.0. The highest BCUT2D eigenvalue weighted by atomic mass is 16.6. The van der Waals surface area contributed by atoms with Crippen LogP contribution in [-0.2, 0) is 22.3 Å². The van der Waals surface area contributed by atoms with Gasteiger partial charge in [-0.3, -0.25) is 0 Å². The highest BCUT2D eigenvalue weighted by molar-refractivity contribution is 5.89. The quantitative estimate of drug-likeness (QED) is 0.304. The first kappa shape index (κ1) is 27.0. The number of hydrogen-bond donors (Lipinski definition) is 0. The highest BCUT2D eigenvalue weighted by Crippen LogP contribution is 2.26. The second kappa shape index (κ2) is 13.5. The normalized spacial score (nSPS) is 16.6. The third kappa shape index (κ3) is 7.28. The van der Waals surface area contributed by atoms with Crippen LogP contribution in [0.4, 0.5) is 4.79 Å². The fourth-order valence-corrected chi connectivity index (χ4v) is 4.72. The van der Waals surface area contributed by atoms with Crippen LogP contribution in [0.25, 0.3) is 0 Å². The minimum absolute atomic E-state index is 0.147. The average molecular weight is 518 g/mol. The van der Waals surface area contributed by atoms with Crippen LogP contribution in [0.5, 0.6) is 11.5 Å². The molecule has 4 rings (SSSR count). The molecular formula is C31H35NO6. The summed E-state index contributed by atoms with van der Waals surface area (Å²) in [6.45, 7) is 2.80. The molecule has 1 heterocycles. The molecule has 0 saturated carbocycles. The van der Waals surface area contributed by atoms with E-state index in [4.69, 9.17) is 18.9 Å². The standard InChI is InChI=1S/C31H35NO6/c1-3-36-31(34)32-22-28(38-30(33)25-12-5-4-6-13-25)21-26(32)18-19-37-29-15-8-7-11-24(29)17-16-23-10-9-14-27(20-23)35-2/h4-15,20,26,28H,3,16-19,21-22H2,1-2H3/t26-,28+/m1/s1.